The molecule has 0 spiro atoms. The molecule has 1 aromatic carbocycles. The highest BCUT2D eigenvalue weighted by atomic mass is 19.4. The van der Waals surface area contributed by atoms with E-state index in [4.69, 9.17) is 10.5 Å². The molecule has 12 heteroatoms. The van der Waals surface area contributed by atoms with Gasteiger partial charge in [-0.15, -0.1) is 0 Å². The van der Waals surface area contributed by atoms with E-state index in [0.29, 0.717) is 6.54 Å². The van der Waals surface area contributed by atoms with Crippen LogP contribution in [0, 0.1) is 0 Å². The van der Waals surface area contributed by atoms with Crippen molar-refractivity contribution in [3.63, 3.8) is 0 Å². The minimum atomic E-state index is -4.79. The lowest BCUT2D eigenvalue weighted by atomic mass is 10.1. The number of carbonyl (C=O) groups is 3. The predicted molar refractivity (Wildman–Crippen MR) is 98.3 cm³/mol. The highest BCUT2D eigenvalue weighted by Gasteiger charge is 2.36. The molecule has 160 valence electrons. The number of nitrogens with zero attached hydrogens (tertiary/aromatic N) is 1. The maximum atomic E-state index is 13.6. The van der Waals surface area contributed by atoms with Gasteiger partial charge in [0.15, 0.2) is 0 Å². The predicted octanol–water partition coefficient (Wildman–Crippen LogP) is 0.653. The van der Waals surface area contributed by atoms with Crippen LogP contribution in [0.2, 0.25) is 0 Å². The van der Waals surface area contributed by atoms with E-state index in [1.807, 2.05) is 0 Å². The van der Waals surface area contributed by atoms with E-state index >= 15 is 0 Å². The normalized spacial score (nSPS) is 15.6. The molecule has 0 aliphatic carbocycles. The zero-order valence-electron chi connectivity index (χ0n) is 15.6. The molecule has 1 fully saturated rings. The fourth-order valence-corrected chi connectivity index (χ4v) is 2.66. The molecule has 1 aromatic rings. The minimum Gasteiger partial charge on any atom is -0.370 e. The second-order valence-electron chi connectivity index (χ2n) is 6.11. The van der Waals surface area contributed by atoms with E-state index in [0.717, 1.165) is 12.1 Å². The fraction of sp³-hybridized carbons (Fsp3) is 0.471. The summed E-state index contributed by atoms with van der Waals surface area (Å²) in [6.45, 7) is 1.75. The van der Waals surface area contributed by atoms with E-state index in [1.54, 1.807) is 6.92 Å². The molecule has 9 nitrogen and oxygen atoms in total. The van der Waals surface area contributed by atoms with Gasteiger partial charge >= 0.3 is 12.2 Å². The monoisotopic (exact) mass is 417 g/mol. The molecule has 0 saturated carbocycles. The Bertz CT molecular complexity index is 772. The second kappa shape index (κ2) is 9.56. The minimum absolute atomic E-state index is 0.0412. The van der Waals surface area contributed by atoms with Crippen molar-refractivity contribution in [1.29, 1.82) is 0 Å². The topological polar surface area (TPSA) is 126 Å². The van der Waals surface area contributed by atoms with Crippen molar-refractivity contribution >= 4 is 29.2 Å². The van der Waals surface area contributed by atoms with Crippen LogP contribution < -0.4 is 26.6 Å². The third-order valence-corrected chi connectivity index (χ3v) is 4.06. The van der Waals surface area contributed by atoms with E-state index in [-0.39, 0.29) is 32.0 Å². The lowest BCUT2D eigenvalue weighted by Crippen LogP contribution is -2.51. The number of urea groups is 1. The number of halogens is 3. The number of hydrogen-bond donors (Lipinski definition) is 4. The molecule has 1 heterocycles. The summed E-state index contributed by atoms with van der Waals surface area (Å²) in [5.41, 5.74) is 3.85. The fourth-order valence-electron chi connectivity index (χ4n) is 2.66. The summed E-state index contributed by atoms with van der Waals surface area (Å²) in [4.78, 5) is 37.0. The van der Waals surface area contributed by atoms with Crippen molar-refractivity contribution in [2.24, 2.45) is 5.73 Å². The maximum Gasteiger partial charge on any atom is 0.418 e. The SMILES string of the molecule is CCNC(=O)N[C@@H](CN)C(=O)Nc1ccc(N2CCOCC2=O)cc1C(F)(F)F. The van der Waals surface area contributed by atoms with Crippen molar-refractivity contribution in [3.8, 4) is 0 Å². The van der Waals surface area contributed by atoms with Crippen LogP contribution in [-0.4, -0.2) is 56.7 Å². The molecule has 0 aromatic heterocycles. The molecular weight excluding hydrogens is 395 g/mol. The van der Waals surface area contributed by atoms with E-state index in [9.17, 15) is 27.6 Å². The Morgan fingerprint density at radius 1 is 1.34 bits per heavy atom. The number of amides is 4. The number of ether oxygens (including phenoxy) is 1. The molecule has 5 N–H and O–H groups in total. The van der Waals surface area contributed by atoms with Crippen LogP contribution in [0.3, 0.4) is 0 Å². The first kappa shape index (κ1) is 22.4. The quantitative estimate of drug-likeness (QED) is 0.541. The number of morpholine rings is 1. The number of rotatable bonds is 6. The number of nitrogens with two attached hydrogens (primary N) is 1. The molecule has 1 saturated heterocycles. The third-order valence-electron chi connectivity index (χ3n) is 4.06. The average Bonchev–Trinajstić information content (AvgIpc) is 2.66. The van der Waals surface area contributed by atoms with Crippen LogP contribution in [0.25, 0.3) is 0 Å². The Morgan fingerprint density at radius 3 is 2.66 bits per heavy atom. The molecule has 2 rings (SSSR count). The lowest BCUT2D eigenvalue weighted by molar-refractivity contribution is -0.137. The summed E-state index contributed by atoms with van der Waals surface area (Å²) < 4.78 is 45.6. The largest absolute Gasteiger partial charge is 0.418 e. The summed E-state index contributed by atoms with van der Waals surface area (Å²) in [5.74, 6) is -1.37. The first-order valence-electron chi connectivity index (χ1n) is 8.82. The summed E-state index contributed by atoms with van der Waals surface area (Å²) in [7, 11) is 0. The van der Waals surface area contributed by atoms with Gasteiger partial charge in [0.1, 0.15) is 12.6 Å². The molecular formula is C17H22F3N5O4. The Kier molecular flexibility index (Phi) is 7.40. The number of alkyl halides is 3. The van der Waals surface area contributed by atoms with E-state index < -0.39 is 41.3 Å². The lowest BCUT2D eigenvalue weighted by Gasteiger charge is -2.28. The van der Waals surface area contributed by atoms with Gasteiger partial charge in [0, 0.05) is 25.3 Å². The molecule has 0 bridgehead atoms. The molecule has 4 amide bonds. The van der Waals surface area contributed by atoms with Gasteiger partial charge in [0.2, 0.25) is 5.91 Å². The zero-order valence-corrected chi connectivity index (χ0v) is 15.6. The number of anilines is 2. The van der Waals surface area contributed by atoms with Crippen LogP contribution in [0.4, 0.5) is 29.3 Å². The van der Waals surface area contributed by atoms with Gasteiger partial charge in [-0.1, -0.05) is 0 Å². The molecule has 0 radical (unpaired) electrons. The smallest absolute Gasteiger partial charge is 0.370 e. The number of nitrogens with one attached hydrogen (secondary N) is 3. The summed E-state index contributed by atoms with van der Waals surface area (Å²) in [5, 5.41) is 6.83. The van der Waals surface area contributed by atoms with Gasteiger partial charge in [0.25, 0.3) is 5.91 Å². The summed E-state index contributed by atoms with van der Waals surface area (Å²) in [6, 6.07) is 1.23. The van der Waals surface area contributed by atoms with Gasteiger partial charge < -0.3 is 31.3 Å². The Labute approximate surface area is 164 Å². The van der Waals surface area contributed by atoms with Crippen LogP contribution in [0.1, 0.15) is 12.5 Å². The third kappa shape index (κ3) is 5.81. The van der Waals surface area contributed by atoms with Crippen molar-refractivity contribution in [2.75, 3.05) is 43.1 Å². The van der Waals surface area contributed by atoms with Crippen molar-refractivity contribution in [1.82, 2.24) is 10.6 Å². The highest BCUT2D eigenvalue weighted by Crippen LogP contribution is 2.37. The molecule has 1 aliphatic rings. The molecule has 0 unspecified atom stereocenters. The summed E-state index contributed by atoms with van der Waals surface area (Å²) >= 11 is 0. The van der Waals surface area contributed by atoms with Gasteiger partial charge in [-0.3, -0.25) is 9.59 Å². The highest BCUT2D eigenvalue weighted by molar-refractivity contribution is 5.99. The van der Waals surface area contributed by atoms with Crippen molar-refractivity contribution in [3.05, 3.63) is 23.8 Å². The van der Waals surface area contributed by atoms with Gasteiger partial charge in [-0.25, -0.2) is 4.79 Å². The standard InChI is InChI=1S/C17H22F3N5O4/c1-2-22-16(28)24-13(8-21)15(27)23-12-4-3-10(7-11(12)17(18,19)20)25-5-6-29-9-14(25)26/h3-4,7,13H,2,5-6,8-9,21H2,1H3,(H,23,27)(H2,22,24,28)/t13-/m0/s1. The maximum absolute atomic E-state index is 13.6. The van der Waals surface area contributed by atoms with Gasteiger partial charge in [-0.05, 0) is 25.1 Å². The number of hydrogen-bond acceptors (Lipinski definition) is 5. The zero-order chi connectivity index (χ0) is 21.6. The van der Waals surface area contributed by atoms with Crippen LogP contribution in [-0.2, 0) is 20.5 Å². The van der Waals surface area contributed by atoms with Gasteiger partial charge in [0.05, 0.1) is 17.9 Å². The first-order valence-corrected chi connectivity index (χ1v) is 8.82. The molecule has 1 aliphatic heterocycles. The van der Waals surface area contributed by atoms with Crippen LogP contribution in [0.15, 0.2) is 18.2 Å². The van der Waals surface area contributed by atoms with Gasteiger partial charge in [-0.2, -0.15) is 13.2 Å². The Morgan fingerprint density at radius 2 is 2.07 bits per heavy atom. The Balaban J connectivity index is 2.26. The van der Waals surface area contributed by atoms with E-state index in [1.165, 1.54) is 11.0 Å². The first-order chi connectivity index (χ1) is 13.7. The summed E-state index contributed by atoms with van der Waals surface area (Å²) in [6.07, 6.45) is -4.79. The average molecular weight is 417 g/mol. The van der Waals surface area contributed by atoms with Crippen molar-refractivity contribution < 1.29 is 32.3 Å². The molecule has 29 heavy (non-hydrogen) atoms. The molecule has 1 atom stereocenters. The van der Waals surface area contributed by atoms with Crippen molar-refractivity contribution in [2.45, 2.75) is 19.1 Å². The van der Waals surface area contributed by atoms with Crippen LogP contribution in [0.5, 0.6) is 0 Å². The van der Waals surface area contributed by atoms with E-state index in [2.05, 4.69) is 16.0 Å². The van der Waals surface area contributed by atoms with Crippen LogP contribution >= 0.6 is 0 Å². The Hall–Kier alpha value is -2.86. The number of carbonyl (C=O) groups excluding carboxylic acids is 3. The second-order valence-corrected chi connectivity index (χ2v) is 6.11. The number of benzene rings is 1.